The summed E-state index contributed by atoms with van der Waals surface area (Å²) in [5.74, 6) is -0.587. The summed E-state index contributed by atoms with van der Waals surface area (Å²) < 4.78 is 6.77. The van der Waals surface area contributed by atoms with Crippen molar-refractivity contribution >= 4 is 28.8 Å². The average molecular weight is 467 g/mol. The Kier molecular flexibility index (Phi) is 4.62. The van der Waals surface area contributed by atoms with Crippen molar-refractivity contribution < 1.29 is 19.7 Å². The average Bonchev–Trinajstić information content (AvgIpc) is 3.24. The second-order valence-electron chi connectivity index (χ2n) is 8.75. The summed E-state index contributed by atoms with van der Waals surface area (Å²) in [4.78, 5) is 35.3. The number of ether oxygens (including phenoxy) is 1. The summed E-state index contributed by atoms with van der Waals surface area (Å²) >= 11 is 0. The van der Waals surface area contributed by atoms with E-state index < -0.39 is 11.6 Å². The molecule has 2 aromatic heterocycles. The lowest BCUT2D eigenvalue weighted by atomic mass is 9.86. The highest BCUT2D eigenvalue weighted by molar-refractivity contribution is 6.03. The second-order valence-corrected chi connectivity index (χ2v) is 8.75. The number of aliphatic hydroxyl groups is 1. The third kappa shape index (κ3) is 3.10. The van der Waals surface area contributed by atoms with Crippen molar-refractivity contribution in [3.63, 3.8) is 0 Å². The van der Waals surface area contributed by atoms with Gasteiger partial charge in [0.05, 0.1) is 34.7 Å². The van der Waals surface area contributed by atoms with Gasteiger partial charge >= 0.3 is 5.97 Å². The maximum absolute atomic E-state index is 13.5. The molecule has 0 amide bonds. The zero-order valence-corrected chi connectivity index (χ0v) is 18.9. The van der Waals surface area contributed by atoms with Crippen LogP contribution in [0.25, 0.3) is 22.3 Å². The van der Waals surface area contributed by atoms with Crippen LogP contribution in [0.3, 0.4) is 0 Å². The smallest absolute Gasteiger partial charge is 0.343 e. The zero-order chi connectivity index (χ0) is 24.3. The number of benzene rings is 2. The summed E-state index contributed by atoms with van der Waals surface area (Å²) in [6.07, 6.45) is 1.84. The van der Waals surface area contributed by atoms with Crippen molar-refractivity contribution in [3.05, 3.63) is 87.2 Å². The Labute approximate surface area is 199 Å². The first-order valence-electron chi connectivity index (χ1n) is 11.3. The highest BCUT2D eigenvalue weighted by Crippen LogP contribution is 2.39. The molecule has 1 unspecified atom stereocenters. The fourth-order valence-corrected chi connectivity index (χ4v) is 4.89. The Hall–Kier alpha value is -4.30. The summed E-state index contributed by atoms with van der Waals surface area (Å²) in [6.45, 7) is 1.79. The molecule has 6 rings (SSSR count). The largest absolute Gasteiger partial charge is 0.508 e. The topological polar surface area (TPSA) is 114 Å². The van der Waals surface area contributed by atoms with E-state index in [0.717, 1.165) is 22.0 Å². The van der Waals surface area contributed by atoms with Gasteiger partial charge in [0.2, 0.25) is 0 Å². The van der Waals surface area contributed by atoms with E-state index in [1.54, 1.807) is 48.0 Å². The maximum Gasteiger partial charge on any atom is 0.343 e. The summed E-state index contributed by atoms with van der Waals surface area (Å²) in [7, 11) is 0. The van der Waals surface area contributed by atoms with E-state index in [9.17, 15) is 19.8 Å². The lowest BCUT2D eigenvalue weighted by Crippen LogP contribution is -2.44. The van der Waals surface area contributed by atoms with Gasteiger partial charge in [-0.25, -0.2) is 9.78 Å². The van der Waals surface area contributed by atoms with Crippen LogP contribution in [0.5, 0.6) is 5.75 Å². The summed E-state index contributed by atoms with van der Waals surface area (Å²) in [5, 5.41) is 21.5. The molecule has 35 heavy (non-hydrogen) atoms. The molecule has 2 aliphatic rings. The van der Waals surface area contributed by atoms with Crippen LogP contribution in [-0.2, 0) is 28.3 Å². The molecule has 8 heteroatoms. The van der Waals surface area contributed by atoms with E-state index in [4.69, 9.17) is 9.72 Å². The predicted molar refractivity (Wildman–Crippen MR) is 130 cm³/mol. The van der Waals surface area contributed by atoms with Gasteiger partial charge in [0, 0.05) is 28.3 Å². The van der Waals surface area contributed by atoms with Crippen molar-refractivity contribution in [1.82, 2.24) is 9.55 Å². The van der Waals surface area contributed by atoms with Gasteiger partial charge in [0.1, 0.15) is 12.4 Å². The Balaban J connectivity index is 1.59. The molecule has 0 aliphatic carbocycles. The van der Waals surface area contributed by atoms with E-state index in [1.807, 2.05) is 24.3 Å². The van der Waals surface area contributed by atoms with E-state index in [-0.39, 0.29) is 42.0 Å². The number of cyclic esters (lactones) is 1. The van der Waals surface area contributed by atoms with E-state index >= 15 is 0 Å². The molecule has 4 heterocycles. The highest BCUT2D eigenvalue weighted by atomic mass is 16.6. The first-order valence-corrected chi connectivity index (χ1v) is 11.3. The number of rotatable bonds is 3. The number of esters is 1. The Morgan fingerprint density at radius 1 is 1.14 bits per heavy atom. The number of pyridine rings is 2. The molecule has 0 saturated heterocycles. The molecule has 8 nitrogen and oxygen atoms in total. The molecule has 2 aliphatic heterocycles. The van der Waals surface area contributed by atoms with Crippen LogP contribution >= 0.6 is 0 Å². The lowest BCUT2D eigenvalue weighted by Gasteiger charge is -2.31. The van der Waals surface area contributed by atoms with Gasteiger partial charge in [0.15, 0.2) is 5.60 Å². The number of carbonyl (C=O) groups is 1. The van der Waals surface area contributed by atoms with Crippen molar-refractivity contribution in [3.8, 4) is 17.1 Å². The van der Waals surface area contributed by atoms with Gasteiger partial charge < -0.3 is 19.5 Å². The van der Waals surface area contributed by atoms with Gasteiger partial charge in [-0.05, 0) is 42.8 Å². The molecule has 0 bridgehead atoms. The molecule has 0 spiro atoms. The zero-order valence-electron chi connectivity index (χ0n) is 18.9. The van der Waals surface area contributed by atoms with Gasteiger partial charge in [-0.2, -0.15) is 0 Å². The highest BCUT2D eigenvalue weighted by Gasteiger charge is 2.45. The maximum atomic E-state index is 13.5. The standard InChI is InChI=1S/C27H21N3O5/c1-2-27(34)21-11-23-24-19(13-30(23)25(32)20(21)14-35-26(27)33)18(17-5-3-4-6-22(17)29-24)12-28-15-7-9-16(31)10-8-15/h3-12,31,34H,2,13-14H2,1H3. The molecule has 0 fully saturated rings. The molecule has 0 radical (unpaired) electrons. The number of aromatic nitrogens is 2. The lowest BCUT2D eigenvalue weighted by molar-refractivity contribution is -0.172. The fraction of sp³-hybridized carbons (Fsp3) is 0.185. The van der Waals surface area contributed by atoms with Gasteiger partial charge in [-0.15, -0.1) is 0 Å². The minimum absolute atomic E-state index is 0.0876. The van der Waals surface area contributed by atoms with Crippen molar-refractivity contribution in [1.29, 1.82) is 0 Å². The number of fused-ring (bicyclic) bond motifs is 5. The fourth-order valence-electron chi connectivity index (χ4n) is 4.89. The van der Waals surface area contributed by atoms with Crippen molar-refractivity contribution in [2.75, 3.05) is 0 Å². The molecular formula is C27H21N3O5. The van der Waals surface area contributed by atoms with Crippen LogP contribution in [0, 0.1) is 0 Å². The third-order valence-electron chi connectivity index (χ3n) is 6.83. The molecule has 174 valence electrons. The molecule has 0 saturated carbocycles. The Morgan fingerprint density at radius 2 is 1.91 bits per heavy atom. The Bertz CT molecular complexity index is 1620. The van der Waals surface area contributed by atoms with Crippen molar-refractivity contribution in [2.24, 2.45) is 4.99 Å². The molecule has 2 aromatic carbocycles. The monoisotopic (exact) mass is 467 g/mol. The number of phenols is 1. The van der Waals surface area contributed by atoms with Crippen LogP contribution in [0.2, 0.25) is 0 Å². The van der Waals surface area contributed by atoms with Gasteiger partial charge in [-0.1, -0.05) is 25.1 Å². The molecule has 1 atom stereocenters. The third-order valence-corrected chi connectivity index (χ3v) is 6.83. The minimum Gasteiger partial charge on any atom is -0.508 e. The van der Waals surface area contributed by atoms with Crippen LogP contribution in [0.15, 0.2) is 64.4 Å². The number of nitrogens with zero attached hydrogens (tertiary/aromatic N) is 3. The summed E-state index contributed by atoms with van der Waals surface area (Å²) in [6, 6.07) is 15.9. The van der Waals surface area contributed by atoms with E-state index in [0.29, 0.717) is 17.1 Å². The van der Waals surface area contributed by atoms with Crippen LogP contribution in [0.4, 0.5) is 5.69 Å². The molecule has 2 N–H and O–H groups in total. The van der Waals surface area contributed by atoms with Crippen molar-refractivity contribution in [2.45, 2.75) is 32.1 Å². The van der Waals surface area contributed by atoms with E-state index in [2.05, 4.69) is 4.99 Å². The number of aliphatic imine (C=N–C) groups is 1. The SMILES string of the molecule is CCC1(O)C(=O)OCc2c1cc1n(c2=O)Cc2c-1nc1ccccc1c2C=Nc1ccc(O)cc1. The minimum atomic E-state index is -1.87. The normalized spacial score (nSPS) is 18.4. The number of para-hydroxylation sites is 1. The predicted octanol–water partition coefficient (Wildman–Crippen LogP) is 3.54. The molecule has 4 aromatic rings. The second kappa shape index (κ2) is 7.61. The first-order chi connectivity index (χ1) is 16.9. The molecular weight excluding hydrogens is 446 g/mol. The number of carbonyl (C=O) groups excluding carboxylic acids is 1. The first kappa shape index (κ1) is 21.2. The van der Waals surface area contributed by atoms with Crippen LogP contribution in [-0.4, -0.2) is 31.9 Å². The Morgan fingerprint density at radius 3 is 2.69 bits per heavy atom. The number of aromatic hydroxyl groups is 1. The van der Waals surface area contributed by atoms with Gasteiger partial charge in [0.25, 0.3) is 5.56 Å². The number of hydrogen-bond acceptors (Lipinski definition) is 7. The summed E-state index contributed by atoms with van der Waals surface area (Å²) in [5.41, 5.74) is 2.64. The van der Waals surface area contributed by atoms with Crippen LogP contribution in [0.1, 0.15) is 35.6 Å². The number of phenolic OH excluding ortho intramolecular Hbond substituents is 1. The quantitative estimate of drug-likeness (QED) is 0.310. The number of hydrogen-bond donors (Lipinski definition) is 2. The van der Waals surface area contributed by atoms with E-state index in [1.165, 1.54) is 0 Å². The van der Waals surface area contributed by atoms with Crippen LogP contribution < -0.4 is 5.56 Å². The van der Waals surface area contributed by atoms with Gasteiger partial charge in [-0.3, -0.25) is 9.79 Å².